The van der Waals surface area contributed by atoms with E-state index in [9.17, 15) is 14.9 Å². The maximum absolute atomic E-state index is 12.3. The van der Waals surface area contributed by atoms with Gasteiger partial charge in [0.2, 0.25) is 5.78 Å². The van der Waals surface area contributed by atoms with Gasteiger partial charge < -0.3 is 5.73 Å². The lowest BCUT2D eigenvalue weighted by molar-refractivity contribution is -0.385. The molecule has 0 radical (unpaired) electrons. The Balaban J connectivity index is 2.63. The van der Waals surface area contributed by atoms with Crippen molar-refractivity contribution in [2.24, 2.45) is 0 Å². The van der Waals surface area contributed by atoms with Gasteiger partial charge >= 0.3 is 0 Å². The Bertz CT molecular complexity index is 673. The zero-order valence-corrected chi connectivity index (χ0v) is 10.3. The minimum absolute atomic E-state index is 0.00964. The maximum atomic E-state index is 12.3. The topological polar surface area (TPSA) is 99.1 Å². The molecule has 0 atom stereocenters. The number of nitro benzene ring substituents is 1. The van der Waals surface area contributed by atoms with Crippen LogP contribution in [0.15, 0.2) is 36.7 Å². The van der Waals surface area contributed by atoms with Gasteiger partial charge in [-0.2, -0.15) is 0 Å². The Morgan fingerprint density at radius 2 is 2.11 bits per heavy atom. The predicted octanol–water partition coefficient (Wildman–Crippen LogP) is 2.46. The fraction of sp³-hybridized carbons (Fsp3) is 0. The van der Waals surface area contributed by atoms with Gasteiger partial charge in [-0.25, -0.2) is 0 Å². The molecule has 2 aromatic rings. The van der Waals surface area contributed by atoms with Crippen molar-refractivity contribution in [3.8, 4) is 0 Å². The highest BCUT2D eigenvalue weighted by Gasteiger charge is 2.25. The number of aromatic nitrogens is 1. The third-order valence-electron chi connectivity index (χ3n) is 2.51. The summed E-state index contributed by atoms with van der Waals surface area (Å²) in [5, 5.41) is 11.0. The quantitative estimate of drug-likeness (QED) is 0.528. The van der Waals surface area contributed by atoms with Crippen LogP contribution in [0.5, 0.6) is 0 Å². The van der Waals surface area contributed by atoms with Crippen molar-refractivity contribution in [2.75, 3.05) is 5.73 Å². The molecule has 0 aliphatic rings. The molecule has 0 fully saturated rings. The minimum Gasteiger partial charge on any atom is -0.397 e. The maximum Gasteiger partial charge on any atom is 0.282 e. The summed E-state index contributed by atoms with van der Waals surface area (Å²) in [6, 6.07) is 5.44. The number of pyridine rings is 1. The molecule has 0 aliphatic carbocycles. The van der Waals surface area contributed by atoms with E-state index in [1.807, 2.05) is 0 Å². The van der Waals surface area contributed by atoms with Crippen LogP contribution in [0.25, 0.3) is 0 Å². The number of benzene rings is 1. The monoisotopic (exact) mass is 277 g/mol. The van der Waals surface area contributed by atoms with Gasteiger partial charge in [-0.15, -0.1) is 0 Å². The van der Waals surface area contributed by atoms with Crippen molar-refractivity contribution in [2.45, 2.75) is 0 Å². The smallest absolute Gasteiger partial charge is 0.282 e. The molecule has 2 rings (SSSR count). The number of rotatable bonds is 3. The Morgan fingerprint density at radius 3 is 2.74 bits per heavy atom. The highest BCUT2D eigenvalue weighted by molar-refractivity contribution is 6.36. The first-order chi connectivity index (χ1) is 9.02. The molecule has 0 spiro atoms. The first kappa shape index (κ1) is 13.0. The van der Waals surface area contributed by atoms with Crippen molar-refractivity contribution < 1.29 is 9.72 Å². The summed E-state index contributed by atoms with van der Waals surface area (Å²) in [5.74, 6) is -0.600. The lowest BCUT2D eigenvalue weighted by atomic mass is 10.0. The Morgan fingerprint density at radius 1 is 1.37 bits per heavy atom. The summed E-state index contributed by atoms with van der Waals surface area (Å²) in [6.07, 6.45) is 2.68. The van der Waals surface area contributed by atoms with Crippen molar-refractivity contribution >= 4 is 28.8 Å². The number of ketones is 1. The van der Waals surface area contributed by atoms with E-state index in [0.717, 1.165) is 0 Å². The molecular weight excluding hydrogens is 270 g/mol. The highest BCUT2D eigenvalue weighted by atomic mass is 35.5. The first-order valence-corrected chi connectivity index (χ1v) is 5.57. The van der Waals surface area contributed by atoms with Gasteiger partial charge in [-0.3, -0.25) is 19.9 Å². The van der Waals surface area contributed by atoms with Gasteiger partial charge in [0, 0.05) is 17.8 Å². The Labute approximate surface area is 113 Å². The molecule has 0 bridgehead atoms. The van der Waals surface area contributed by atoms with Gasteiger partial charge in [-0.1, -0.05) is 17.7 Å². The zero-order chi connectivity index (χ0) is 14.0. The van der Waals surface area contributed by atoms with Crippen LogP contribution in [0, 0.1) is 10.1 Å². The van der Waals surface area contributed by atoms with Crippen LogP contribution in [-0.2, 0) is 0 Å². The number of nitrogens with zero attached hydrogens (tertiary/aromatic N) is 2. The SMILES string of the molecule is Nc1cnccc1C(=O)c1c(Cl)cccc1[N+](=O)[O-]. The summed E-state index contributed by atoms with van der Waals surface area (Å²) in [6.45, 7) is 0. The lowest BCUT2D eigenvalue weighted by Crippen LogP contribution is -2.09. The summed E-state index contributed by atoms with van der Waals surface area (Å²) < 4.78 is 0. The molecule has 0 unspecified atom stereocenters. The van der Waals surface area contributed by atoms with E-state index in [1.54, 1.807) is 0 Å². The summed E-state index contributed by atoms with van der Waals surface area (Å²) >= 11 is 5.89. The number of anilines is 1. The molecule has 19 heavy (non-hydrogen) atoms. The number of carbonyl (C=O) groups is 1. The third kappa shape index (κ3) is 2.38. The van der Waals surface area contributed by atoms with Crippen LogP contribution in [0.4, 0.5) is 11.4 Å². The Kier molecular flexibility index (Phi) is 3.43. The van der Waals surface area contributed by atoms with Gasteiger partial charge in [0.25, 0.3) is 5.69 Å². The fourth-order valence-electron chi connectivity index (χ4n) is 1.64. The molecule has 0 amide bonds. The molecule has 0 aliphatic heterocycles. The number of carbonyl (C=O) groups excluding carboxylic acids is 1. The first-order valence-electron chi connectivity index (χ1n) is 5.19. The molecule has 1 aromatic carbocycles. The second-order valence-electron chi connectivity index (χ2n) is 3.68. The van der Waals surface area contributed by atoms with E-state index >= 15 is 0 Å². The second kappa shape index (κ2) is 5.03. The fourth-order valence-corrected chi connectivity index (χ4v) is 1.89. The summed E-state index contributed by atoms with van der Waals surface area (Å²) in [4.78, 5) is 26.4. The molecule has 2 N–H and O–H groups in total. The number of nitrogen functional groups attached to an aromatic ring is 1. The molecular formula is C12H8ClN3O3. The molecule has 1 heterocycles. The van der Waals surface area contributed by atoms with Gasteiger partial charge in [0.1, 0.15) is 5.56 Å². The molecule has 6 nitrogen and oxygen atoms in total. The van der Waals surface area contributed by atoms with Crippen molar-refractivity contribution in [3.05, 3.63) is 62.9 Å². The molecule has 7 heteroatoms. The molecule has 0 saturated carbocycles. The van der Waals surface area contributed by atoms with Crippen LogP contribution in [-0.4, -0.2) is 15.7 Å². The number of hydrogen-bond acceptors (Lipinski definition) is 5. The van der Waals surface area contributed by atoms with E-state index in [4.69, 9.17) is 17.3 Å². The van der Waals surface area contributed by atoms with Gasteiger partial charge in [0.05, 0.1) is 21.8 Å². The van der Waals surface area contributed by atoms with E-state index in [1.165, 1.54) is 36.7 Å². The summed E-state index contributed by atoms with van der Waals surface area (Å²) in [7, 11) is 0. The van der Waals surface area contributed by atoms with E-state index in [2.05, 4.69) is 4.98 Å². The van der Waals surface area contributed by atoms with Crippen LogP contribution in [0.2, 0.25) is 5.02 Å². The standard InChI is InChI=1S/C12H8ClN3O3/c13-8-2-1-3-10(16(18)19)11(8)12(17)7-4-5-15-6-9(7)14/h1-6H,14H2. The third-order valence-corrected chi connectivity index (χ3v) is 2.83. The average Bonchev–Trinajstić information content (AvgIpc) is 2.38. The largest absolute Gasteiger partial charge is 0.397 e. The van der Waals surface area contributed by atoms with Crippen LogP contribution < -0.4 is 5.73 Å². The Hall–Kier alpha value is -2.47. The van der Waals surface area contributed by atoms with Crippen molar-refractivity contribution in [3.63, 3.8) is 0 Å². The van der Waals surface area contributed by atoms with Crippen molar-refractivity contribution in [1.82, 2.24) is 4.98 Å². The number of nitrogens with two attached hydrogens (primary N) is 1. The second-order valence-corrected chi connectivity index (χ2v) is 4.09. The van der Waals surface area contributed by atoms with E-state index in [-0.39, 0.29) is 27.5 Å². The van der Waals surface area contributed by atoms with Crippen LogP contribution >= 0.6 is 11.6 Å². The lowest BCUT2D eigenvalue weighted by Gasteiger charge is -2.06. The predicted molar refractivity (Wildman–Crippen MR) is 70.2 cm³/mol. The van der Waals surface area contributed by atoms with E-state index < -0.39 is 10.7 Å². The summed E-state index contributed by atoms with van der Waals surface area (Å²) in [5.41, 5.74) is 5.38. The highest BCUT2D eigenvalue weighted by Crippen LogP contribution is 2.29. The van der Waals surface area contributed by atoms with Gasteiger partial charge in [0.15, 0.2) is 0 Å². The number of halogens is 1. The van der Waals surface area contributed by atoms with Gasteiger partial charge in [-0.05, 0) is 12.1 Å². The number of nitro groups is 1. The zero-order valence-electron chi connectivity index (χ0n) is 9.54. The minimum atomic E-state index is -0.656. The normalized spacial score (nSPS) is 10.2. The van der Waals surface area contributed by atoms with Crippen LogP contribution in [0.3, 0.4) is 0 Å². The van der Waals surface area contributed by atoms with Crippen molar-refractivity contribution in [1.29, 1.82) is 0 Å². The van der Waals surface area contributed by atoms with Crippen LogP contribution in [0.1, 0.15) is 15.9 Å². The average molecular weight is 278 g/mol. The molecule has 0 saturated heterocycles. The number of hydrogen-bond donors (Lipinski definition) is 1. The molecule has 96 valence electrons. The van der Waals surface area contributed by atoms with E-state index in [0.29, 0.717) is 0 Å². The molecule has 1 aromatic heterocycles.